The van der Waals surface area contributed by atoms with Crippen molar-refractivity contribution in [2.75, 3.05) is 14.2 Å². The number of ether oxygens (including phenoxy) is 4. The summed E-state index contributed by atoms with van der Waals surface area (Å²) in [5.74, 6) is -3.72. The fourth-order valence-electron chi connectivity index (χ4n) is 5.00. The second-order valence-electron chi connectivity index (χ2n) is 10.3. The molecule has 4 aromatic heterocycles. The predicted octanol–water partition coefficient (Wildman–Crippen LogP) is -14.3. The van der Waals surface area contributed by atoms with Crippen LogP contribution in [0.25, 0.3) is 22.3 Å². The third-order valence-corrected chi connectivity index (χ3v) is 7.41. The maximum Gasteiger partial charge on any atom is 1.00 e. The average Bonchev–Trinajstić information content (AvgIpc) is 3.82. The van der Waals surface area contributed by atoms with Crippen molar-refractivity contribution < 1.29 is 129 Å². The smallest absolute Gasteiger partial charge is 0.547 e. The van der Waals surface area contributed by atoms with Crippen LogP contribution in [0.3, 0.4) is 0 Å². The number of rotatable bonds is 8. The molecular weight excluding hydrogens is 702 g/mol. The molecule has 0 amide bonds. The van der Waals surface area contributed by atoms with Gasteiger partial charge in [0.15, 0.2) is 34.8 Å². The van der Waals surface area contributed by atoms with Gasteiger partial charge >= 0.3 is 59.1 Å². The van der Waals surface area contributed by atoms with E-state index in [-0.39, 0.29) is 93.5 Å². The Labute approximate surface area is 320 Å². The molecule has 8 N–H and O–H groups in total. The van der Waals surface area contributed by atoms with Crippen LogP contribution in [0.5, 0.6) is 12.0 Å². The van der Waals surface area contributed by atoms with Gasteiger partial charge in [-0.25, -0.2) is 9.97 Å². The van der Waals surface area contributed by atoms with Crippen LogP contribution in [-0.4, -0.2) is 145 Å². The van der Waals surface area contributed by atoms with Crippen molar-refractivity contribution in [1.29, 1.82) is 0 Å². The van der Waals surface area contributed by atoms with Crippen LogP contribution < -0.4 is 89.9 Å². The molecule has 0 radical (unpaired) electrons. The number of hydrogen-bond acceptors (Lipinski definition) is 20. The summed E-state index contributed by atoms with van der Waals surface area (Å²) in [5, 5.41) is 80.5. The number of carbonyl (C=O) groups excluding carboxylic acids is 2. The standard InChI is InChI=1S/2C12H14N4O8.2Na/c2*1-23-12-14-8-3(9(20)15-12)13-2-16(8)10-5(18)4(17)7(24-10)6(19)11(21)22;;/h2*2,4-7,10,17-19H,1H3,(H,21,22)(H,14,15,20);;/q;;2*+1/p-2/t2*4-,5+,6?,7-,10+;;/m00../s1. The number of aliphatic hydroxyl groups excluding tert-OH is 6. The first kappa shape index (κ1) is 41.3. The van der Waals surface area contributed by atoms with Gasteiger partial charge in [-0.3, -0.25) is 28.7 Å². The summed E-state index contributed by atoms with van der Waals surface area (Å²) in [6, 6.07) is -0.234. The first-order chi connectivity index (χ1) is 22.7. The van der Waals surface area contributed by atoms with Gasteiger partial charge in [-0.2, -0.15) is 9.97 Å². The maximum absolute atomic E-state index is 11.9. The van der Waals surface area contributed by atoms with Crippen molar-refractivity contribution in [3.8, 4) is 12.0 Å². The molecule has 0 spiro atoms. The second kappa shape index (κ2) is 16.5. The van der Waals surface area contributed by atoms with Crippen LogP contribution in [-0.2, 0) is 19.1 Å². The van der Waals surface area contributed by atoms with E-state index in [9.17, 15) is 60.0 Å². The summed E-state index contributed by atoms with van der Waals surface area (Å²) < 4.78 is 22.4. The Kier molecular flexibility index (Phi) is 13.6. The van der Waals surface area contributed by atoms with Gasteiger partial charge in [0, 0.05) is 0 Å². The summed E-state index contributed by atoms with van der Waals surface area (Å²) in [5.41, 5.74) is -1.40. The Morgan fingerprint density at radius 3 is 1.38 bits per heavy atom. The quantitative estimate of drug-likeness (QED) is 0.0781. The van der Waals surface area contributed by atoms with Crippen LogP contribution >= 0.6 is 0 Å². The molecule has 4 aromatic rings. The Morgan fingerprint density at radius 1 is 0.740 bits per heavy atom. The van der Waals surface area contributed by atoms with E-state index in [4.69, 9.17) is 18.9 Å². The van der Waals surface area contributed by atoms with Gasteiger partial charge in [-0.1, -0.05) is 0 Å². The van der Waals surface area contributed by atoms with Crippen molar-refractivity contribution >= 4 is 34.3 Å². The molecule has 6 heterocycles. The van der Waals surface area contributed by atoms with Crippen LogP contribution in [0.2, 0.25) is 0 Å². The number of methoxy groups -OCH3 is 2. The number of imidazole rings is 2. The van der Waals surface area contributed by atoms with Crippen LogP contribution in [0.1, 0.15) is 12.5 Å². The molecule has 0 aromatic carbocycles. The molecule has 24 nitrogen and oxygen atoms in total. The summed E-state index contributed by atoms with van der Waals surface area (Å²) in [6.07, 6.45) is -14.6. The first-order valence-electron chi connectivity index (χ1n) is 13.5. The number of nitrogens with zero attached hydrogens (tertiary/aromatic N) is 6. The van der Waals surface area contributed by atoms with E-state index in [0.29, 0.717) is 0 Å². The molecule has 0 saturated carbocycles. The molecule has 6 rings (SSSR count). The van der Waals surface area contributed by atoms with Gasteiger partial charge in [0.05, 0.1) is 38.8 Å². The largest absolute Gasteiger partial charge is 1.00 e. The summed E-state index contributed by atoms with van der Waals surface area (Å²) in [4.78, 5) is 65.5. The van der Waals surface area contributed by atoms with Crippen molar-refractivity contribution in [3.05, 3.63) is 33.4 Å². The van der Waals surface area contributed by atoms with E-state index in [1.54, 1.807) is 0 Å². The zero-order chi connectivity index (χ0) is 35.2. The summed E-state index contributed by atoms with van der Waals surface area (Å²) in [6.45, 7) is 0. The normalized spacial score (nSPS) is 27.0. The number of nitrogens with one attached hydrogen (secondary N) is 2. The number of carboxylic acids is 2. The minimum Gasteiger partial charge on any atom is -0.547 e. The van der Waals surface area contributed by atoms with Gasteiger partial charge in [0.1, 0.15) is 48.8 Å². The summed E-state index contributed by atoms with van der Waals surface area (Å²) in [7, 11) is 2.56. The predicted molar refractivity (Wildman–Crippen MR) is 143 cm³/mol. The van der Waals surface area contributed by atoms with Crippen LogP contribution in [0, 0.1) is 0 Å². The molecule has 0 bridgehead atoms. The number of aliphatic carboxylic acids is 2. The Bertz CT molecular complexity index is 1810. The van der Waals surface area contributed by atoms with Gasteiger partial charge in [0.2, 0.25) is 0 Å². The molecule has 50 heavy (non-hydrogen) atoms. The van der Waals surface area contributed by atoms with Gasteiger partial charge < -0.3 is 69.4 Å². The Morgan fingerprint density at radius 2 is 1.08 bits per heavy atom. The van der Waals surface area contributed by atoms with Crippen molar-refractivity contribution in [3.63, 3.8) is 0 Å². The van der Waals surface area contributed by atoms with Crippen molar-refractivity contribution in [1.82, 2.24) is 39.0 Å². The van der Waals surface area contributed by atoms with E-state index in [0.717, 1.165) is 21.8 Å². The third kappa shape index (κ3) is 7.58. The van der Waals surface area contributed by atoms with E-state index < -0.39 is 84.3 Å². The average molecular weight is 728 g/mol. The number of hydrogen-bond donors (Lipinski definition) is 8. The molecule has 2 fully saturated rings. The molecular formula is C24H26N8Na2O16. The zero-order valence-electron chi connectivity index (χ0n) is 26.4. The van der Waals surface area contributed by atoms with E-state index in [1.165, 1.54) is 14.2 Å². The van der Waals surface area contributed by atoms with Crippen molar-refractivity contribution in [2.24, 2.45) is 0 Å². The SMILES string of the molecule is COc1nc2c(ncn2[C@@H]2O[C@H](C(O)C(=O)[O-])[C@@H](O)[C@H]2O)c(=O)[nH]1.COc1nc2c(ncn2[C@@H]2O[C@H](C(O)C(=O)[O-])[C@@H](O)[C@H]2O)c(=O)[nH]1.[Na+].[Na+]. The Hall–Kier alpha value is -3.08. The molecule has 2 saturated heterocycles. The van der Waals surface area contributed by atoms with Gasteiger partial charge in [-0.15, -0.1) is 0 Å². The molecule has 2 unspecified atom stereocenters. The first-order valence-corrected chi connectivity index (χ1v) is 13.5. The zero-order valence-corrected chi connectivity index (χ0v) is 30.4. The number of fused-ring (bicyclic) bond motifs is 2. The fraction of sp³-hybridized carbons (Fsp3) is 0.500. The monoisotopic (exact) mass is 728 g/mol. The Balaban J connectivity index is 0.000000260. The number of aromatic nitrogens is 8. The van der Waals surface area contributed by atoms with E-state index >= 15 is 0 Å². The van der Waals surface area contributed by atoms with Gasteiger partial charge in [-0.05, 0) is 0 Å². The van der Waals surface area contributed by atoms with Crippen molar-refractivity contribution in [2.45, 2.75) is 61.3 Å². The number of H-pyrrole nitrogens is 2. The number of carboxylic acid groups (broad SMARTS) is 2. The molecule has 10 atom stereocenters. The number of aliphatic hydroxyl groups is 6. The molecule has 260 valence electrons. The summed E-state index contributed by atoms with van der Waals surface area (Å²) >= 11 is 0. The fourth-order valence-corrected chi connectivity index (χ4v) is 5.00. The molecule has 26 heteroatoms. The van der Waals surface area contributed by atoms with Crippen LogP contribution in [0.4, 0.5) is 0 Å². The topological polar surface area (TPSA) is 366 Å². The number of aromatic amines is 2. The van der Waals surface area contributed by atoms with E-state index in [1.807, 2.05) is 0 Å². The van der Waals surface area contributed by atoms with Crippen LogP contribution in [0.15, 0.2) is 22.2 Å². The van der Waals surface area contributed by atoms with Gasteiger partial charge in [0.25, 0.3) is 23.1 Å². The molecule has 2 aliphatic heterocycles. The molecule has 0 aliphatic carbocycles. The molecule has 2 aliphatic rings. The second-order valence-corrected chi connectivity index (χ2v) is 10.3. The minimum atomic E-state index is -2.15. The maximum atomic E-state index is 11.9. The third-order valence-electron chi connectivity index (χ3n) is 7.41. The van der Waals surface area contributed by atoms with E-state index in [2.05, 4.69) is 29.9 Å². The minimum absolute atomic E-state index is 0. The number of carbonyl (C=O) groups is 2.